The van der Waals surface area contributed by atoms with Crippen LogP contribution in [-0.4, -0.2) is 24.7 Å². The fourth-order valence-electron chi connectivity index (χ4n) is 3.69. The predicted octanol–water partition coefficient (Wildman–Crippen LogP) is 5.87. The van der Waals surface area contributed by atoms with Crippen molar-refractivity contribution in [3.05, 3.63) is 89.6 Å². The number of hydrogen-bond donors (Lipinski definition) is 1. The minimum absolute atomic E-state index is 0.200. The minimum atomic E-state index is -0.200. The molecule has 31 heavy (non-hydrogen) atoms. The molecule has 158 valence electrons. The van der Waals surface area contributed by atoms with E-state index in [4.69, 9.17) is 9.47 Å². The van der Waals surface area contributed by atoms with E-state index in [1.54, 1.807) is 0 Å². The topological polar surface area (TPSA) is 51.3 Å². The molecule has 0 saturated carbocycles. The number of carbonyl (C=O) groups excluding carboxylic acids is 1. The van der Waals surface area contributed by atoms with Gasteiger partial charge in [0.25, 0.3) is 0 Å². The number of H-pyrrole nitrogens is 1. The van der Waals surface area contributed by atoms with Crippen LogP contribution in [0.1, 0.15) is 23.1 Å². The maximum absolute atomic E-state index is 11.6. The number of esters is 1. The Morgan fingerprint density at radius 3 is 2.52 bits per heavy atom. The fourth-order valence-corrected chi connectivity index (χ4v) is 3.69. The molecule has 0 bridgehead atoms. The third kappa shape index (κ3) is 5.15. The predicted molar refractivity (Wildman–Crippen MR) is 124 cm³/mol. The van der Waals surface area contributed by atoms with Gasteiger partial charge in [-0.2, -0.15) is 0 Å². The monoisotopic (exact) mass is 413 g/mol. The summed E-state index contributed by atoms with van der Waals surface area (Å²) in [6.45, 7) is 2.69. The van der Waals surface area contributed by atoms with Crippen molar-refractivity contribution in [3.8, 4) is 16.9 Å². The minimum Gasteiger partial charge on any atom is -0.493 e. The Labute approximate surface area is 182 Å². The second-order valence-corrected chi connectivity index (χ2v) is 7.77. The first kappa shape index (κ1) is 20.7. The number of ether oxygens (including phenoxy) is 2. The first-order valence-corrected chi connectivity index (χ1v) is 10.6. The van der Waals surface area contributed by atoms with Gasteiger partial charge in [0.15, 0.2) is 0 Å². The Balaban J connectivity index is 1.58. The lowest BCUT2D eigenvalue weighted by Gasteiger charge is -2.14. The van der Waals surface area contributed by atoms with Gasteiger partial charge in [0.2, 0.25) is 0 Å². The number of fused-ring (bicyclic) bond motifs is 1. The summed E-state index contributed by atoms with van der Waals surface area (Å²) >= 11 is 0. The van der Waals surface area contributed by atoms with Gasteiger partial charge in [-0.15, -0.1) is 0 Å². The van der Waals surface area contributed by atoms with Crippen LogP contribution in [-0.2, 0) is 22.4 Å². The van der Waals surface area contributed by atoms with Gasteiger partial charge in [0, 0.05) is 30.1 Å². The van der Waals surface area contributed by atoms with Crippen LogP contribution >= 0.6 is 0 Å². The molecule has 0 aliphatic carbocycles. The van der Waals surface area contributed by atoms with Crippen LogP contribution in [0.25, 0.3) is 22.0 Å². The lowest BCUT2D eigenvalue weighted by Crippen LogP contribution is -2.04. The fraction of sp³-hybridized carbons (Fsp3) is 0.222. The van der Waals surface area contributed by atoms with Gasteiger partial charge >= 0.3 is 5.97 Å². The Hall–Kier alpha value is -3.53. The van der Waals surface area contributed by atoms with Crippen LogP contribution in [0.2, 0.25) is 0 Å². The highest BCUT2D eigenvalue weighted by Crippen LogP contribution is 2.33. The highest BCUT2D eigenvalue weighted by molar-refractivity contribution is 5.86. The molecule has 0 radical (unpaired) electrons. The molecule has 0 amide bonds. The second kappa shape index (κ2) is 9.52. The Bertz CT molecular complexity index is 1170. The van der Waals surface area contributed by atoms with E-state index in [9.17, 15) is 4.79 Å². The molecule has 4 heteroatoms. The lowest BCUT2D eigenvalue weighted by molar-refractivity contribution is -0.140. The summed E-state index contributed by atoms with van der Waals surface area (Å²) in [7, 11) is 1.42. The van der Waals surface area contributed by atoms with E-state index in [-0.39, 0.29) is 5.97 Å². The van der Waals surface area contributed by atoms with Crippen LogP contribution in [0.3, 0.4) is 0 Å². The van der Waals surface area contributed by atoms with Crippen LogP contribution < -0.4 is 4.74 Å². The smallest absolute Gasteiger partial charge is 0.305 e. The largest absolute Gasteiger partial charge is 0.493 e. The lowest BCUT2D eigenvalue weighted by atomic mass is 9.98. The van der Waals surface area contributed by atoms with Gasteiger partial charge < -0.3 is 14.5 Å². The average Bonchev–Trinajstić information content (AvgIpc) is 3.27. The summed E-state index contributed by atoms with van der Waals surface area (Å²) in [5.74, 6) is 0.650. The number of methoxy groups -OCH3 is 1. The maximum Gasteiger partial charge on any atom is 0.305 e. The normalized spacial score (nSPS) is 10.9. The van der Waals surface area contributed by atoms with E-state index in [1.165, 1.54) is 18.2 Å². The van der Waals surface area contributed by atoms with E-state index >= 15 is 0 Å². The second-order valence-electron chi connectivity index (χ2n) is 7.77. The molecular weight excluding hydrogens is 386 g/mol. The van der Waals surface area contributed by atoms with Crippen LogP contribution in [0.4, 0.5) is 0 Å². The summed E-state index contributed by atoms with van der Waals surface area (Å²) in [6.07, 6.45) is 3.79. The number of aryl methyl sites for hydroxylation is 2. The van der Waals surface area contributed by atoms with Gasteiger partial charge in [0.1, 0.15) is 5.75 Å². The first-order valence-electron chi connectivity index (χ1n) is 10.6. The van der Waals surface area contributed by atoms with Gasteiger partial charge in [-0.25, -0.2) is 0 Å². The highest BCUT2D eigenvalue weighted by atomic mass is 16.5. The first-order chi connectivity index (χ1) is 15.1. The van der Waals surface area contributed by atoms with Crippen molar-refractivity contribution in [2.24, 2.45) is 0 Å². The van der Waals surface area contributed by atoms with Crippen molar-refractivity contribution in [3.63, 3.8) is 0 Å². The molecule has 0 unspecified atom stereocenters. The van der Waals surface area contributed by atoms with Crippen LogP contribution in [0.15, 0.2) is 72.9 Å². The molecular formula is C27H27NO3. The Morgan fingerprint density at radius 1 is 0.903 bits per heavy atom. The number of nitrogens with one attached hydrogen (secondary N) is 1. The zero-order valence-electron chi connectivity index (χ0n) is 18.0. The van der Waals surface area contributed by atoms with E-state index in [0.717, 1.165) is 39.8 Å². The quantitative estimate of drug-likeness (QED) is 0.368. The van der Waals surface area contributed by atoms with Gasteiger partial charge in [-0.1, -0.05) is 42.0 Å². The van der Waals surface area contributed by atoms with E-state index in [1.807, 2.05) is 18.3 Å². The Morgan fingerprint density at radius 2 is 1.71 bits per heavy atom. The van der Waals surface area contributed by atoms with Gasteiger partial charge in [0.05, 0.1) is 13.7 Å². The summed E-state index contributed by atoms with van der Waals surface area (Å²) in [4.78, 5) is 14.8. The SMILES string of the molecule is COC(=O)CCc1ccc(OCCc2ccc(C)cc2)c(-c2ccc3[nH]ccc3c2)c1. The molecule has 0 atom stereocenters. The molecule has 4 aromatic rings. The molecule has 4 rings (SSSR count). The van der Waals surface area contributed by atoms with Crippen molar-refractivity contribution in [2.45, 2.75) is 26.2 Å². The van der Waals surface area contributed by atoms with Gasteiger partial charge in [-0.3, -0.25) is 4.79 Å². The van der Waals surface area contributed by atoms with E-state index < -0.39 is 0 Å². The summed E-state index contributed by atoms with van der Waals surface area (Å²) in [5.41, 5.74) is 6.84. The van der Waals surface area contributed by atoms with Crippen molar-refractivity contribution in [1.29, 1.82) is 0 Å². The molecule has 0 aliphatic rings. The third-order valence-electron chi connectivity index (χ3n) is 5.52. The number of aromatic amines is 1. The number of benzene rings is 3. The Kier molecular flexibility index (Phi) is 6.37. The highest BCUT2D eigenvalue weighted by Gasteiger charge is 2.11. The molecule has 1 aromatic heterocycles. The maximum atomic E-state index is 11.6. The molecule has 0 aliphatic heterocycles. The zero-order chi connectivity index (χ0) is 21.6. The third-order valence-corrected chi connectivity index (χ3v) is 5.52. The zero-order valence-corrected chi connectivity index (χ0v) is 18.0. The summed E-state index contributed by atoms with van der Waals surface area (Å²) in [6, 6.07) is 23.1. The molecule has 0 saturated heterocycles. The standard InChI is InChI=1S/C27H27NO3/c1-19-3-5-20(6-4-19)14-16-31-26-11-7-21(8-12-27(29)30-2)17-24(26)22-9-10-25-23(18-22)13-15-28-25/h3-7,9-11,13,15,17-18,28H,8,12,14,16H2,1-2H3. The van der Waals surface area contributed by atoms with E-state index in [0.29, 0.717) is 19.4 Å². The number of carbonyl (C=O) groups is 1. The van der Waals surface area contributed by atoms with Crippen molar-refractivity contribution < 1.29 is 14.3 Å². The molecule has 1 N–H and O–H groups in total. The molecule has 3 aromatic carbocycles. The number of rotatable bonds is 8. The molecule has 1 heterocycles. The number of hydrogen-bond acceptors (Lipinski definition) is 3. The average molecular weight is 414 g/mol. The summed E-state index contributed by atoms with van der Waals surface area (Å²) < 4.78 is 11.0. The number of aromatic nitrogens is 1. The summed E-state index contributed by atoms with van der Waals surface area (Å²) in [5, 5.41) is 1.16. The van der Waals surface area contributed by atoms with Crippen molar-refractivity contribution in [2.75, 3.05) is 13.7 Å². The van der Waals surface area contributed by atoms with Crippen molar-refractivity contribution >= 4 is 16.9 Å². The van der Waals surface area contributed by atoms with Gasteiger partial charge in [-0.05, 0) is 65.8 Å². The van der Waals surface area contributed by atoms with Crippen molar-refractivity contribution in [1.82, 2.24) is 4.98 Å². The van der Waals surface area contributed by atoms with Crippen LogP contribution in [0, 0.1) is 6.92 Å². The van der Waals surface area contributed by atoms with E-state index in [2.05, 4.69) is 66.5 Å². The molecule has 4 nitrogen and oxygen atoms in total. The molecule has 0 fully saturated rings. The van der Waals surface area contributed by atoms with Crippen LogP contribution in [0.5, 0.6) is 5.75 Å². The molecule has 0 spiro atoms.